The highest BCUT2D eigenvalue weighted by Gasteiger charge is 2.14. The molecule has 6 heteroatoms. The molecular formula is C15H18FN3O2. The van der Waals surface area contributed by atoms with Gasteiger partial charge in [-0.1, -0.05) is 13.0 Å². The average Bonchev–Trinajstić information content (AvgIpc) is 2.51. The first-order valence-electron chi connectivity index (χ1n) is 6.82. The number of rotatable bonds is 6. The lowest BCUT2D eigenvalue weighted by Crippen LogP contribution is -2.02. The highest BCUT2D eigenvalue weighted by atomic mass is 19.1. The highest BCUT2D eigenvalue weighted by molar-refractivity contribution is 5.44. The summed E-state index contributed by atoms with van der Waals surface area (Å²) in [5.41, 5.74) is 6.82. The summed E-state index contributed by atoms with van der Waals surface area (Å²) in [4.78, 5) is 7.71. The van der Waals surface area contributed by atoms with Gasteiger partial charge in [0.1, 0.15) is 6.33 Å². The van der Waals surface area contributed by atoms with Gasteiger partial charge in [0.15, 0.2) is 11.5 Å². The van der Waals surface area contributed by atoms with Gasteiger partial charge >= 0.3 is 0 Å². The maximum Gasteiger partial charge on any atom is 0.259 e. The van der Waals surface area contributed by atoms with E-state index in [9.17, 15) is 4.39 Å². The fourth-order valence-corrected chi connectivity index (χ4v) is 1.84. The molecule has 0 atom stereocenters. The molecule has 0 unspecified atom stereocenters. The normalized spacial score (nSPS) is 10.5. The lowest BCUT2D eigenvalue weighted by molar-refractivity contribution is 0.315. The predicted octanol–water partition coefficient (Wildman–Crippen LogP) is 2.83. The van der Waals surface area contributed by atoms with Crippen molar-refractivity contribution in [1.29, 1.82) is 0 Å². The van der Waals surface area contributed by atoms with Gasteiger partial charge in [0.2, 0.25) is 5.82 Å². The molecule has 2 rings (SSSR count). The Morgan fingerprint density at radius 3 is 2.67 bits per heavy atom. The molecule has 0 aliphatic carbocycles. The molecule has 5 nitrogen and oxygen atoms in total. The van der Waals surface area contributed by atoms with Crippen LogP contribution < -0.4 is 15.2 Å². The van der Waals surface area contributed by atoms with Crippen LogP contribution in [0.4, 0.5) is 4.39 Å². The van der Waals surface area contributed by atoms with Gasteiger partial charge in [0.05, 0.1) is 12.3 Å². The molecule has 1 heterocycles. The van der Waals surface area contributed by atoms with E-state index < -0.39 is 5.82 Å². The summed E-state index contributed by atoms with van der Waals surface area (Å²) in [6.07, 6.45) is 1.75. The first-order valence-corrected chi connectivity index (χ1v) is 6.82. The van der Waals surface area contributed by atoms with Crippen molar-refractivity contribution in [3.8, 4) is 17.4 Å². The average molecular weight is 291 g/mol. The van der Waals surface area contributed by atoms with Crippen LogP contribution in [0.3, 0.4) is 0 Å². The quantitative estimate of drug-likeness (QED) is 0.886. The molecule has 2 N–H and O–H groups in total. The number of nitrogens with two attached hydrogens (primary N) is 1. The Hall–Kier alpha value is -2.21. The van der Waals surface area contributed by atoms with Gasteiger partial charge < -0.3 is 15.2 Å². The van der Waals surface area contributed by atoms with E-state index in [1.807, 2.05) is 13.8 Å². The monoisotopic (exact) mass is 291 g/mol. The van der Waals surface area contributed by atoms with E-state index in [2.05, 4.69) is 9.97 Å². The van der Waals surface area contributed by atoms with Gasteiger partial charge in [0.25, 0.3) is 5.88 Å². The molecule has 112 valence electrons. The van der Waals surface area contributed by atoms with Crippen LogP contribution in [0.15, 0.2) is 24.5 Å². The van der Waals surface area contributed by atoms with Crippen LogP contribution in [-0.4, -0.2) is 16.6 Å². The number of ether oxygens (including phenoxy) is 2. The van der Waals surface area contributed by atoms with Crippen LogP contribution in [0.25, 0.3) is 0 Å². The summed E-state index contributed by atoms with van der Waals surface area (Å²) >= 11 is 0. The van der Waals surface area contributed by atoms with Crippen molar-refractivity contribution in [3.05, 3.63) is 41.6 Å². The summed E-state index contributed by atoms with van der Waals surface area (Å²) in [5, 5.41) is 0. The summed E-state index contributed by atoms with van der Waals surface area (Å²) < 4.78 is 25.2. The van der Waals surface area contributed by atoms with Crippen molar-refractivity contribution in [2.24, 2.45) is 5.73 Å². The Bertz CT molecular complexity index is 620. The van der Waals surface area contributed by atoms with Crippen LogP contribution in [0.5, 0.6) is 17.4 Å². The number of halogens is 1. The minimum absolute atomic E-state index is 0.108. The molecule has 2 aromatic rings. The van der Waals surface area contributed by atoms with Crippen molar-refractivity contribution < 1.29 is 13.9 Å². The second kappa shape index (κ2) is 6.99. The van der Waals surface area contributed by atoms with Gasteiger partial charge in [-0.05, 0) is 31.0 Å². The topological polar surface area (TPSA) is 70.3 Å². The maximum absolute atomic E-state index is 14.1. The fraction of sp³-hybridized carbons (Fsp3) is 0.333. The highest BCUT2D eigenvalue weighted by Crippen LogP contribution is 2.33. The van der Waals surface area contributed by atoms with Crippen molar-refractivity contribution in [3.63, 3.8) is 0 Å². The Kier molecular flexibility index (Phi) is 5.05. The number of nitrogens with zero attached hydrogens (tertiary/aromatic N) is 2. The summed E-state index contributed by atoms with van der Waals surface area (Å²) in [6, 6.07) is 5.27. The molecule has 0 spiro atoms. The van der Waals surface area contributed by atoms with Crippen molar-refractivity contribution in [2.45, 2.75) is 26.8 Å². The Balaban J connectivity index is 2.34. The summed E-state index contributed by atoms with van der Waals surface area (Å²) in [5.74, 6) is 0.249. The zero-order valence-electron chi connectivity index (χ0n) is 12.1. The Morgan fingerprint density at radius 1 is 1.19 bits per heavy atom. The zero-order chi connectivity index (χ0) is 15.2. The van der Waals surface area contributed by atoms with Crippen molar-refractivity contribution >= 4 is 0 Å². The molecule has 1 aromatic heterocycles. The fourth-order valence-electron chi connectivity index (χ4n) is 1.84. The minimum atomic E-state index is -0.551. The SMILES string of the molecule is CCOc1cc(CN)ccc1Oc1ncnc(CC)c1F. The molecule has 0 fully saturated rings. The third-order valence-corrected chi connectivity index (χ3v) is 2.91. The van der Waals surface area contributed by atoms with Gasteiger partial charge in [-0.15, -0.1) is 0 Å². The van der Waals surface area contributed by atoms with Gasteiger partial charge in [0, 0.05) is 6.54 Å². The van der Waals surface area contributed by atoms with E-state index in [1.54, 1.807) is 18.2 Å². The summed E-state index contributed by atoms with van der Waals surface area (Å²) in [6.45, 7) is 4.54. The molecule has 0 bridgehead atoms. The largest absolute Gasteiger partial charge is 0.490 e. The maximum atomic E-state index is 14.1. The third-order valence-electron chi connectivity index (χ3n) is 2.91. The third kappa shape index (κ3) is 3.46. The van der Waals surface area contributed by atoms with Crippen molar-refractivity contribution in [2.75, 3.05) is 6.61 Å². The zero-order valence-corrected chi connectivity index (χ0v) is 12.1. The number of hydrogen-bond donors (Lipinski definition) is 1. The van der Waals surface area contributed by atoms with E-state index in [4.69, 9.17) is 15.2 Å². The first-order chi connectivity index (χ1) is 10.2. The summed E-state index contributed by atoms with van der Waals surface area (Å²) in [7, 11) is 0. The molecule has 0 radical (unpaired) electrons. The molecular weight excluding hydrogens is 273 g/mol. The van der Waals surface area contributed by atoms with Gasteiger partial charge in [-0.3, -0.25) is 0 Å². The number of hydrogen-bond acceptors (Lipinski definition) is 5. The lowest BCUT2D eigenvalue weighted by atomic mass is 10.2. The van der Waals surface area contributed by atoms with Crippen LogP contribution in [-0.2, 0) is 13.0 Å². The number of aromatic nitrogens is 2. The first kappa shape index (κ1) is 15.2. The van der Waals surface area contributed by atoms with E-state index in [0.29, 0.717) is 36.8 Å². The van der Waals surface area contributed by atoms with Gasteiger partial charge in [-0.25, -0.2) is 4.98 Å². The molecule has 0 aliphatic heterocycles. The second-order valence-corrected chi connectivity index (χ2v) is 4.31. The number of benzene rings is 1. The van der Waals surface area contributed by atoms with E-state index in [0.717, 1.165) is 5.56 Å². The lowest BCUT2D eigenvalue weighted by Gasteiger charge is -2.13. The molecule has 21 heavy (non-hydrogen) atoms. The molecule has 0 aliphatic rings. The van der Waals surface area contributed by atoms with E-state index in [-0.39, 0.29) is 5.88 Å². The molecule has 1 aromatic carbocycles. The van der Waals surface area contributed by atoms with Crippen molar-refractivity contribution in [1.82, 2.24) is 9.97 Å². The molecule has 0 saturated heterocycles. The second-order valence-electron chi connectivity index (χ2n) is 4.31. The Morgan fingerprint density at radius 2 is 2.00 bits per heavy atom. The van der Waals surface area contributed by atoms with Crippen LogP contribution in [0.1, 0.15) is 25.1 Å². The van der Waals surface area contributed by atoms with E-state index in [1.165, 1.54) is 6.33 Å². The van der Waals surface area contributed by atoms with Crippen LogP contribution in [0, 0.1) is 5.82 Å². The molecule has 0 saturated carbocycles. The van der Waals surface area contributed by atoms with Crippen LogP contribution >= 0.6 is 0 Å². The van der Waals surface area contributed by atoms with E-state index >= 15 is 0 Å². The Labute approximate surface area is 122 Å². The standard InChI is InChI=1S/C15H18FN3O2/c1-3-11-14(16)15(19-9-18-11)21-12-6-5-10(8-17)7-13(12)20-4-2/h5-7,9H,3-4,8,17H2,1-2H3. The minimum Gasteiger partial charge on any atom is -0.490 e. The smallest absolute Gasteiger partial charge is 0.259 e. The molecule has 0 amide bonds. The van der Waals surface area contributed by atoms with Crippen LogP contribution in [0.2, 0.25) is 0 Å². The predicted molar refractivity (Wildman–Crippen MR) is 76.9 cm³/mol. The van der Waals surface area contributed by atoms with Gasteiger partial charge in [-0.2, -0.15) is 9.37 Å². The number of aryl methyl sites for hydroxylation is 1.